The van der Waals surface area contributed by atoms with Crippen LogP contribution in [0.15, 0.2) is 72.8 Å². The average molecular weight is 604 g/mol. The molecule has 0 amide bonds. The Labute approximate surface area is 269 Å². The van der Waals surface area contributed by atoms with Crippen LogP contribution in [-0.4, -0.2) is 4.57 Å². The Morgan fingerprint density at radius 2 is 0.886 bits per heavy atom. The summed E-state index contributed by atoms with van der Waals surface area (Å²) in [5, 5.41) is 8.37. The number of hydrogen-bond acceptors (Lipinski definition) is 1. The molecule has 0 N–H and O–H groups in total. The normalized spacial score (nSPS) is 12.1. The third kappa shape index (κ3) is 7.17. The molecule has 0 saturated heterocycles. The molecule has 0 atom stereocenters. The highest BCUT2D eigenvalue weighted by Crippen LogP contribution is 2.42. The summed E-state index contributed by atoms with van der Waals surface area (Å²) in [4.78, 5) is 0. The van der Waals surface area contributed by atoms with E-state index in [1.165, 1.54) is 168 Å². The van der Waals surface area contributed by atoms with Gasteiger partial charge in [-0.3, -0.25) is 0 Å². The lowest BCUT2D eigenvalue weighted by atomic mass is 10.0. The van der Waals surface area contributed by atoms with E-state index in [-0.39, 0.29) is 0 Å². The Hall–Kier alpha value is -2.84. The fraction of sp³-hybridized carbons (Fsp3) is 0.476. The smallest absolute Gasteiger partial charge is 0.0571 e. The summed E-state index contributed by atoms with van der Waals surface area (Å²) in [5.74, 6) is 0. The van der Waals surface area contributed by atoms with Crippen LogP contribution in [0.25, 0.3) is 52.8 Å². The maximum Gasteiger partial charge on any atom is 0.0571 e. The first kappa shape index (κ1) is 31.2. The summed E-state index contributed by atoms with van der Waals surface area (Å²) in [6.45, 7) is 3.41. The van der Waals surface area contributed by atoms with E-state index in [0.717, 1.165) is 6.54 Å². The second-order valence-corrected chi connectivity index (χ2v) is 14.3. The van der Waals surface area contributed by atoms with Crippen molar-refractivity contribution in [1.29, 1.82) is 0 Å². The van der Waals surface area contributed by atoms with Crippen molar-refractivity contribution in [2.24, 2.45) is 0 Å². The summed E-state index contributed by atoms with van der Waals surface area (Å²) in [7, 11) is 0. The molecule has 0 aliphatic rings. The van der Waals surface area contributed by atoms with Gasteiger partial charge in [0.25, 0.3) is 0 Å². The SMILES string of the molecule is CCCCCCCCCCCCCCCCCCCCn1c2ccccc2c2ccc3c(ccc4c5ccccc5sc43)c21. The molecular formula is C42H53NS. The van der Waals surface area contributed by atoms with Gasteiger partial charge in [0.1, 0.15) is 0 Å². The van der Waals surface area contributed by atoms with Crippen LogP contribution in [-0.2, 0) is 6.54 Å². The predicted molar refractivity (Wildman–Crippen MR) is 199 cm³/mol. The Bertz CT molecular complexity index is 1770. The van der Waals surface area contributed by atoms with Gasteiger partial charge >= 0.3 is 0 Å². The second-order valence-electron chi connectivity index (χ2n) is 13.3. The number of hydrogen-bond donors (Lipinski definition) is 0. The zero-order valence-corrected chi connectivity index (χ0v) is 28.0. The number of nitrogens with zero attached hydrogens (tertiary/aromatic N) is 1. The van der Waals surface area contributed by atoms with Crippen molar-refractivity contribution in [2.45, 2.75) is 129 Å². The summed E-state index contributed by atoms with van der Waals surface area (Å²) in [6, 6.07) is 27.4. The number of fused-ring (bicyclic) bond motifs is 9. The minimum absolute atomic E-state index is 1.10. The number of aryl methyl sites for hydroxylation is 1. The van der Waals surface area contributed by atoms with Crippen LogP contribution >= 0.6 is 11.3 Å². The molecule has 0 spiro atoms. The first-order chi connectivity index (χ1) is 21.9. The Morgan fingerprint density at radius 3 is 1.50 bits per heavy atom. The van der Waals surface area contributed by atoms with Crippen molar-refractivity contribution in [1.82, 2.24) is 4.57 Å². The molecule has 0 saturated carbocycles. The zero-order valence-electron chi connectivity index (χ0n) is 27.2. The Morgan fingerprint density at radius 1 is 0.432 bits per heavy atom. The van der Waals surface area contributed by atoms with Crippen molar-refractivity contribution >= 4 is 64.1 Å². The third-order valence-electron chi connectivity index (χ3n) is 10.0. The maximum atomic E-state index is 2.64. The monoisotopic (exact) mass is 603 g/mol. The molecule has 0 fully saturated rings. The topological polar surface area (TPSA) is 4.93 Å². The lowest BCUT2D eigenvalue weighted by Crippen LogP contribution is -1.98. The van der Waals surface area contributed by atoms with Crippen LogP contribution in [0.2, 0.25) is 0 Å². The zero-order chi connectivity index (χ0) is 30.0. The second kappa shape index (κ2) is 15.9. The number of aromatic nitrogens is 1. The molecular weight excluding hydrogens is 551 g/mol. The van der Waals surface area contributed by atoms with Crippen LogP contribution in [0.5, 0.6) is 0 Å². The number of rotatable bonds is 19. The molecule has 232 valence electrons. The average Bonchev–Trinajstić information content (AvgIpc) is 3.60. The van der Waals surface area contributed by atoms with E-state index in [2.05, 4.69) is 84.3 Å². The van der Waals surface area contributed by atoms with Gasteiger partial charge in [-0.1, -0.05) is 177 Å². The van der Waals surface area contributed by atoms with E-state index in [0.29, 0.717) is 0 Å². The number of benzene rings is 4. The van der Waals surface area contributed by atoms with Crippen LogP contribution in [0.3, 0.4) is 0 Å². The van der Waals surface area contributed by atoms with Gasteiger partial charge in [-0.15, -0.1) is 11.3 Å². The van der Waals surface area contributed by atoms with E-state index in [4.69, 9.17) is 0 Å². The minimum Gasteiger partial charge on any atom is -0.340 e. The molecule has 0 bridgehead atoms. The first-order valence-electron chi connectivity index (χ1n) is 18.1. The summed E-state index contributed by atoms with van der Waals surface area (Å²) < 4.78 is 5.45. The van der Waals surface area contributed by atoms with E-state index >= 15 is 0 Å². The van der Waals surface area contributed by atoms with E-state index in [1.54, 1.807) is 0 Å². The van der Waals surface area contributed by atoms with Crippen LogP contribution < -0.4 is 0 Å². The molecule has 0 aliphatic carbocycles. The molecule has 2 aromatic heterocycles. The fourth-order valence-electron chi connectivity index (χ4n) is 7.54. The minimum atomic E-state index is 1.10. The summed E-state index contributed by atoms with van der Waals surface area (Å²) in [6.07, 6.45) is 25.6. The van der Waals surface area contributed by atoms with Gasteiger partial charge in [-0.25, -0.2) is 0 Å². The number of para-hydroxylation sites is 1. The van der Waals surface area contributed by atoms with Crippen molar-refractivity contribution in [3.63, 3.8) is 0 Å². The Kier molecular flexibility index (Phi) is 11.3. The fourth-order valence-corrected chi connectivity index (χ4v) is 8.77. The van der Waals surface area contributed by atoms with Crippen molar-refractivity contribution in [3.8, 4) is 0 Å². The Balaban J connectivity index is 0.981. The van der Waals surface area contributed by atoms with E-state index in [1.807, 2.05) is 11.3 Å². The number of unbranched alkanes of at least 4 members (excludes halogenated alkanes) is 17. The summed E-state index contributed by atoms with van der Waals surface area (Å²) >= 11 is 1.94. The molecule has 2 heterocycles. The van der Waals surface area contributed by atoms with Crippen LogP contribution in [0, 0.1) is 0 Å². The molecule has 44 heavy (non-hydrogen) atoms. The van der Waals surface area contributed by atoms with Gasteiger partial charge in [0.2, 0.25) is 0 Å². The van der Waals surface area contributed by atoms with Gasteiger partial charge < -0.3 is 4.57 Å². The maximum absolute atomic E-state index is 2.64. The quantitative estimate of drug-likeness (QED) is 0.0812. The van der Waals surface area contributed by atoms with Crippen LogP contribution in [0.1, 0.15) is 122 Å². The number of thiophene rings is 1. The lowest BCUT2D eigenvalue weighted by Gasteiger charge is -2.10. The third-order valence-corrected chi connectivity index (χ3v) is 11.2. The van der Waals surface area contributed by atoms with Gasteiger partial charge in [-0.05, 0) is 18.6 Å². The van der Waals surface area contributed by atoms with Gasteiger partial charge in [-0.2, -0.15) is 0 Å². The van der Waals surface area contributed by atoms with Crippen molar-refractivity contribution < 1.29 is 0 Å². The molecule has 1 nitrogen and oxygen atoms in total. The highest BCUT2D eigenvalue weighted by Gasteiger charge is 2.16. The molecule has 0 aliphatic heterocycles. The molecule has 4 aromatic carbocycles. The van der Waals surface area contributed by atoms with E-state index in [9.17, 15) is 0 Å². The lowest BCUT2D eigenvalue weighted by molar-refractivity contribution is 0.521. The first-order valence-corrected chi connectivity index (χ1v) is 18.9. The molecule has 0 unspecified atom stereocenters. The van der Waals surface area contributed by atoms with Gasteiger partial charge in [0.05, 0.1) is 5.52 Å². The van der Waals surface area contributed by atoms with Gasteiger partial charge in [0, 0.05) is 53.8 Å². The van der Waals surface area contributed by atoms with Crippen LogP contribution in [0.4, 0.5) is 0 Å². The largest absolute Gasteiger partial charge is 0.340 e. The highest BCUT2D eigenvalue weighted by atomic mass is 32.1. The highest BCUT2D eigenvalue weighted by molar-refractivity contribution is 7.26. The predicted octanol–water partition coefficient (Wildman–Crippen LogP) is 14.4. The summed E-state index contributed by atoms with van der Waals surface area (Å²) in [5.41, 5.74) is 2.81. The molecule has 6 aromatic rings. The van der Waals surface area contributed by atoms with E-state index < -0.39 is 0 Å². The van der Waals surface area contributed by atoms with Crippen molar-refractivity contribution in [3.05, 3.63) is 72.8 Å². The molecule has 0 radical (unpaired) electrons. The van der Waals surface area contributed by atoms with Crippen molar-refractivity contribution in [2.75, 3.05) is 0 Å². The molecule has 2 heteroatoms. The molecule has 6 rings (SSSR count). The standard InChI is InChI=1S/C42H53NS/c1-2-3-4-5-6-7-8-9-10-11-12-13-14-15-16-17-18-23-32-43-39-26-21-19-24-33(39)35-28-31-38-36(41(35)43)29-30-37-34-25-20-22-27-40(34)44-42(37)38/h19-22,24-31H,2-18,23,32H2,1H3. The van der Waals surface area contributed by atoms with Gasteiger partial charge in [0.15, 0.2) is 0 Å².